The zero-order valence-corrected chi connectivity index (χ0v) is 19.1. The van der Waals surface area contributed by atoms with Crippen LogP contribution in [0.3, 0.4) is 0 Å². The van der Waals surface area contributed by atoms with Crippen LogP contribution in [0.25, 0.3) is 0 Å². The predicted octanol–water partition coefficient (Wildman–Crippen LogP) is 3.86. The Morgan fingerprint density at radius 3 is 2.41 bits per heavy atom. The number of hydrogen-bond acceptors (Lipinski definition) is 3. The minimum absolute atomic E-state index is 0. The molecule has 0 amide bonds. The lowest BCUT2D eigenvalue weighted by atomic mass is 10.0. The Kier molecular flexibility index (Phi) is 12.6. The summed E-state index contributed by atoms with van der Waals surface area (Å²) in [6, 6.07) is 5.25. The first-order chi connectivity index (χ1) is 13.5. The van der Waals surface area contributed by atoms with Crippen molar-refractivity contribution < 1.29 is 22.6 Å². The molecule has 1 heterocycles. The van der Waals surface area contributed by atoms with Crippen LogP contribution in [0.4, 0.5) is 13.2 Å². The van der Waals surface area contributed by atoms with Gasteiger partial charge in [-0.3, -0.25) is 4.99 Å². The number of benzene rings is 1. The number of nitrogens with one attached hydrogen (secondary N) is 2. The van der Waals surface area contributed by atoms with Crippen molar-refractivity contribution in [2.75, 3.05) is 46.6 Å². The fourth-order valence-electron chi connectivity index (χ4n) is 2.95. The third kappa shape index (κ3) is 10.5. The molecule has 1 aliphatic heterocycles. The largest absolute Gasteiger partial charge is 0.416 e. The van der Waals surface area contributed by atoms with Crippen LogP contribution >= 0.6 is 24.0 Å². The van der Waals surface area contributed by atoms with E-state index in [-0.39, 0.29) is 24.0 Å². The molecule has 1 aliphatic rings. The molecule has 0 saturated carbocycles. The summed E-state index contributed by atoms with van der Waals surface area (Å²) in [6.45, 7) is 4.50. The summed E-state index contributed by atoms with van der Waals surface area (Å²) in [6.07, 6.45) is -0.644. The average molecular weight is 529 g/mol. The molecular weight excluding hydrogens is 498 g/mol. The fourth-order valence-corrected chi connectivity index (χ4v) is 2.95. The summed E-state index contributed by atoms with van der Waals surface area (Å²) in [4.78, 5) is 4.15. The normalized spacial score (nSPS) is 15.7. The van der Waals surface area contributed by atoms with Gasteiger partial charge in [0.15, 0.2) is 5.96 Å². The van der Waals surface area contributed by atoms with Gasteiger partial charge >= 0.3 is 6.18 Å². The number of alkyl halides is 3. The molecule has 0 atom stereocenters. The molecule has 0 aliphatic carbocycles. The van der Waals surface area contributed by atoms with Gasteiger partial charge < -0.3 is 20.1 Å². The zero-order valence-electron chi connectivity index (χ0n) is 16.8. The lowest BCUT2D eigenvalue weighted by Crippen LogP contribution is -2.39. The molecule has 5 nitrogen and oxygen atoms in total. The SMILES string of the molecule is CN=C(NCCCOCC1CCOCC1)NCCc1ccc(C(F)(F)F)cc1.I. The summed E-state index contributed by atoms with van der Waals surface area (Å²) in [5.41, 5.74) is 0.221. The molecule has 1 aromatic carbocycles. The first-order valence-corrected chi connectivity index (χ1v) is 9.75. The highest BCUT2D eigenvalue weighted by Crippen LogP contribution is 2.29. The molecular formula is C20H31F3IN3O2. The number of guanidine groups is 1. The van der Waals surface area contributed by atoms with Gasteiger partial charge in [-0.05, 0) is 49.3 Å². The maximum atomic E-state index is 12.6. The number of hydrogen-bond donors (Lipinski definition) is 2. The number of aliphatic imine (C=N–C) groups is 1. The summed E-state index contributed by atoms with van der Waals surface area (Å²) in [7, 11) is 1.69. The van der Waals surface area contributed by atoms with Crippen LogP contribution in [-0.2, 0) is 22.1 Å². The van der Waals surface area contributed by atoms with E-state index in [1.165, 1.54) is 12.1 Å². The predicted molar refractivity (Wildman–Crippen MR) is 119 cm³/mol. The van der Waals surface area contributed by atoms with E-state index < -0.39 is 11.7 Å². The van der Waals surface area contributed by atoms with E-state index in [4.69, 9.17) is 9.47 Å². The van der Waals surface area contributed by atoms with Gasteiger partial charge in [0.05, 0.1) is 5.56 Å². The van der Waals surface area contributed by atoms with Gasteiger partial charge in [0.2, 0.25) is 0 Å². The second-order valence-electron chi connectivity index (χ2n) is 6.85. The van der Waals surface area contributed by atoms with E-state index >= 15 is 0 Å². The Balaban J connectivity index is 0.00000420. The standard InChI is InChI=1S/C20H30F3N3O2.HI/c1-24-19(25-10-2-12-28-15-17-8-13-27-14-9-17)26-11-7-16-3-5-18(6-4-16)20(21,22)23;/h3-6,17H,2,7-15H2,1H3,(H2,24,25,26);1H. The topological polar surface area (TPSA) is 54.9 Å². The van der Waals surface area contributed by atoms with Gasteiger partial charge in [0.1, 0.15) is 0 Å². The Bertz CT molecular complexity index is 592. The van der Waals surface area contributed by atoms with Crippen molar-refractivity contribution >= 4 is 29.9 Å². The molecule has 0 spiro atoms. The molecule has 2 rings (SSSR count). The average Bonchev–Trinajstić information content (AvgIpc) is 2.69. The highest BCUT2D eigenvalue weighted by atomic mass is 127. The number of halogens is 4. The summed E-state index contributed by atoms with van der Waals surface area (Å²) < 4.78 is 48.7. The van der Waals surface area contributed by atoms with Crippen molar-refractivity contribution in [1.29, 1.82) is 0 Å². The van der Waals surface area contributed by atoms with Gasteiger partial charge in [-0.25, -0.2) is 0 Å². The third-order valence-electron chi connectivity index (χ3n) is 4.66. The molecule has 1 aromatic rings. The molecule has 0 bridgehead atoms. The van der Waals surface area contributed by atoms with E-state index in [0.717, 1.165) is 63.3 Å². The van der Waals surface area contributed by atoms with E-state index in [9.17, 15) is 13.2 Å². The maximum Gasteiger partial charge on any atom is 0.416 e. The van der Waals surface area contributed by atoms with Crippen LogP contribution in [0.2, 0.25) is 0 Å². The van der Waals surface area contributed by atoms with Crippen molar-refractivity contribution in [3.05, 3.63) is 35.4 Å². The van der Waals surface area contributed by atoms with Crippen LogP contribution in [0.15, 0.2) is 29.3 Å². The second kappa shape index (κ2) is 14.0. The summed E-state index contributed by atoms with van der Waals surface area (Å²) in [5, 5.41) is 6.38. The highest BCUT2D eigenvalue weighted by Gasteiger charge is 2.29. The summed E-state index contributed by atoms with van der Waals surface area (Å²) in [5.74, 6) is 1.29. The number of ether oxygens (including phenoxy) is 2. The van der Waals surface area contributed by atoms with Crippen molar-refractivity contribution in [3.63, 3.8) is 0 Å². The van der Waals surface area contributed by atoms with E-state index in [0.29, 0.717) is 31.4 Å². The molecule has 2 N–H and O–H groups in total. The van der Waals surface area contributed by atoms with E-state index in [2.05, 4.69) is 15.6 Å². The van der Waals surface area contributed by atoms with Crippen molar-refractivity contribution in [2.45, 2.75) is 31.9 Å². The van der Waals surface area contributed by atoms with Crippen molar-refractivity contribution in [3.8, 4) is 0 Å². The van der Waals surface area contributed by atoms with Crippen LogP contribution in [-0.4, -0.2) is 52.5 Å². The summed E-state index contributed by atoms with van der Waals surface area (Å²) >= 11 is 0. The van der Waals surface area contributed by atoms with Crippen LogP contribution in [0, 0.1) is 5.92 Å². The first-order valence-electron chi connectivity index (χ1n) is 9.75. The molecule has 166 valence electrons. The zero-order chi connectivity index (χ0) is 20.2. The number of nitrogens with zero attached hydrogens (tertiary/aromatic N) is 1. The Labute approximate surface area is 187 Å². The van der Waals surface area contributed by atoms with Gasteiger partial charge in [0, 0.05) is 46.6 Å². The lowest BCUT2D eigenvalue weighted by Gasteiger charge is -2.21. The molecule has 0 unspecified atom stereocenters. The minimum atomic E-state index is -4.29. The minimum Gasteiger partial charge on any atom is -0.381 e. The Hall–Kier alpha value is -1.07. The third-order valence-corrected chi connectivity index (χ3v) is 4.66. The van der Waals surface area contributed by atoms with E-state index in [1.54, 1.807) is 7.05 Å². The number of rotatable bonds is 9. The fraction of sp³-hybridized carbons (Fsp3) is 0.650. The lowest BCUT2D eigenvalue weighted by molar-refractivity contribution is -0.137. The quantitative estimate of drug-likeness (QED) is 0.221. The molecule has 9 heteroatoms. The van der Waals surface area contributed by atoms with Crippen LogP contribution in [0.5, 0.6) is 0 Å². The smallest absolute Gasteiger partial charge is 0.381 e. The van der Waals surface area contributed by atoms with Gasteiger partial charge in [-0.1, -0.05) is 12.1 Å². The maximum absolute atomic E-state index is 12.6. The van der Waals surface area contributed by atoms with Crippen molar-refractivity contribution in [2.24, 2.45) is 10.9 Å². The molecule has 1 fully saturated rings. The van der Waals surface area contributed by atoms with Crippen LogP contribution < -0.4 is 10.6 Å². The molecule has 1 saturated heterocycles. The van der Waals surface area contributed by atoms with Gasteiger partial charge in [-0.15, -0.1) is 24.0 Å². The molecule has 0 radical (unpaired) electrons. The Morgan fingerprint density at radius 1 is 1.14 bits per heavy atom. The monoisotopic (exact) mass is 529 g/mol. The van der Waals surface area contributed by atoms with Gasteiger partial charge in [-0.2, -0.15) is 13.2 Å². The van der Waals surface area contributed by atoms with E-state index in [1.807, 2.05) is 0 Å². The highest BCUT2D eigenvalue weighted by molar-refractivity contribution is 14.0. The van der Waals surface area contributed by atoms with Gasteiger partial charge in [0.25, 0.3) is 0 Å². The Morgan fingerprint density at radius 2 is 1.79 bits per heavy atom. The molecule has 0 aromatic heterocycles. The molecule has 29 heavy (non-hydrogen) atoms. The van der Waals surface area contributed by atoms with Crippen molar-refractivity contribution in [1.82, 2.24) is 10.6 Å². The first kappa shape index (κ1) is 26.0. The van der Waals surface area contributed by atoms with Crippen LogP contribution in [0.1, 0.15) is 30.4 Å². The second-order valence-corrected chi connectivity index (χ2v) is 6.85.